The number of nitrogens with one attached hydrogen (secondary N) is 1. The van der Waals surface area contributed by atoms with E-state index in [2.05, 4.69) is 10.2 Å². The molecule has 0 aliphatic rings. The first kappa shape index (κ1) is 6.10. The van der Waals surface area contributed by atoms with Crippen LogP contribution < -0.4 is 5.73 Å². The first-order valence-corrected chi connectivity index (χ1v) is 2.58. The molecular weight excluding hydrogens is 142 g/mol. The molecule has 0 unspecified atom stereocenters. The molecule has 9 heavy (non-hydrogen) atoms. The van der Waals surface area contributed by atoms with Crippen molar-refractivity contribution in [3.63, 3.8) is 0 Å². The van der Waals surface area contributed by atoms with Gasteiger partial charge in [-0.05, 0) is 0 Å². The van der Waals surface area contributed by atoms with Gasteiger partial charge in [0.2, 0.25) is 0 Å². The molecule has 0 saturated carbocycles. The molecule has 0 atom stereocenters. The quantitative estimate of drug-likeness (QED) is 0.564. The second kappa shape index (κ2) is 2.06. The van der Waals surface area contributed by atoms with Crippen molar-refractivity contribution >= 4 is 23.6 Å². The average molecular weight is 146 g/mol. The number of carbonyl (C=O) groups is 1. The summed E-state index contributed by atoms with van der Waals surface area (Å²) < 4.78 is 0. The van der Waals surface area contributed by atoms with Crippen LogP contribution in [0.4, 0.5) is 5.69 Å². The molecule has 0 amide bonds. The monoisotopic (exact) mass is 145 g/mol. The van der Waals surface area contributed by atoms with E-state index in [1.54, 1.807) is 0 Å². The minimum atomic E-state index is 0.153. The lowest BCUT2D eigenvalue weighted by Gasteiger charge is -1.81. The number of halogens is 1. The minimum Gasteiger partial charge on any atom is -0.394 e. The summed E-state index contributed by atoms with van der Waals surface area (Å²) in [5.41, 5.74) is 5.61. The van der Waals surface area contributed by atoms with E-state index >= 15 is 0 Å². The van der Waals surface area contributed by atoms with Crippen LogP contribution in [0.2, 0.25) is 5.15 Å². The molecular formula is C4H4ClN3O. The average Bonchev–Trinajstić information content (AvgIpc) is 2.15. The van der Waals surface area contributed by atoms with Gasteiger partial charge in [0.15, 0.2) is 6.29 Å². The summed E-state index contributed by atoms with van der Waals surface area (Å²) >= 11 is 5.41. The molecule has 0 saturated heterocycles. The van der Waals surface area contributed by atoms with Crippen molar-refractivity contribution in [2.24, 2.45) is 0 Å². The number of aldehydes is 1. The molecule has 0 radical (unpaired) electrons. The van der Waals surface area contributed by atoms with Gasteiger partial charge < -0.3 is 5.73 Å². The summed E-state index contributed by atoms with van der Waals surface area (Å²) in [5.74, 6) is 0. The molecule has 0 bridgehead atoms. The van der Waals surface area contributed by atoms with E-state index in [1.807, 2.05) is 0 Å². The molecule has 48 valence electrons. The van der Waals surface area contributed by atoms with Crippen molar-refractivity contribution in [2.75, 3.05) is 5.73 Å². The van der Waals surface area contributed by atoms with Crippen LogP contribution >= 0.6 is 11.6 Å². The number of hydrogen-bond acceptors (Lipinski definition) is 3. The summed E-state index contributed by atoms with van der Waals surface area (Å²) in [6, 6.07) is 0. The Bertz CT molecular complexity index is 232. The number of nitrogen functional groups attached to an aromatic ring is 1. The number of nitrogens with zero attached hydrogens (tertiary/aromatic N) is 1. The number of rotatable bonds is 1. The topological polar surface area (TPSA) is 71.8 Å². The summed E-state index contributed by atoms with van der Waals surface area (Å²) in [5, 5.41) is 6.04. The van der Waals surface area contributed by atoms with Crippen LogP contribution in [0.25, 0.3) is 0 Å². The van der Waals surface area contributed by atoms with E-state index in [0.717, 1.165) is 0 Å². The molecule has 1 rings (SSSR count). The number of nitrogens with two attached hydrogens (primary N) is 1. The van der Waals surface area contributed by atoms with Crippen LogP contribution in [-0.2, 0) is 0 Å². The molecule has 1 aromatic heterocycles. The molecule has 0 aliphatic carbocycles. The highest BCUT2D eigenvalue weighted by Crippen LogP contribution is 2.16. The summed E-state index contributed by atoms with van der Waals surface area (Å²) in [6.45, 7) is 0. The van der Waals surface area contributed by atoms with Crippen molar-refractivity contribution in [3.05, 3.63) is 10.8 Å². The number of aromatic nitrogens is 2. The van der Waals surface area contributed by atoms with Gasteiger partial charge >= 0.3 is 0 Å². The van der Waals surface area contributed by atoms with Gasteiger partial charge in [0.05, 0.1) is 0 Å². The highest BCUT2D eigenvalue weighted by atomic mass is 35.5. The van der Waals surface area contributed by atoms with E-state index in [9.17, 15) is 4.79 Å². The van der Waals surface area contributed by atoms with Crippen molar-refractivity contribution in [1.82, 2.24) is 10.2 Å². The number of H-pyrrole nitrogens is 1. The Morgan fingerprint density at radius 1 is 1.78 bits per heavy atom. The maximum Gasteiger partial charge on any atom is 0.172 e. The molecule has 5 heteroatoms. The first-order chi connectivity index (χ1) is 4.25. The largest absolute Gasteiger partial charge is 0.394 e. The Balaban J connectivity index is 3.18. The Kier molecular flexibility index (Phi) is 1.40. The van der Waals surface area contributed by atoms with E-state index in [4.69, 9.17) is 17.3 Å². The maximum atomic E-state index is 10.0. The van der Waals surface area contributed by atoms with Crippen LogP contribution in [-0.4, -0.2) is 16.5 Å². The lowest BCUT2D eigenvalue weighted by atomic mass is 10.4. The summed E-state index contributed by atoms with van der Waals surface area (Å²) in [4.78, 5) is 10.0. The second-order valence-electron chi connectivity index (χ2n) is 1.45. The predicted octanol–water partition coefficient (Wildman–Crippen LogP) is 0.458. The molecule has 3 N–H and O–H groups in total. The third kappa shape index (κ3) is 0.882. The van der Waals surface area contributed by atoms with Gasteiger partial charge in [0, 0.05) is 0 Å². The van der Waals surface area contributed by atoms with Gasteiger partial charge in [-0.15, -0.1) is 0 Å². The van der Waals surface area contributed by atoms with Crippen LogP contribution in [0.15, 0.2) is 0 Å². The second-order valence-corrected chi connectivity index (χ2v) is 1.83. The maximum absolute atomic E-state index is 10.0. The van der Waals surface area contributed by atoms with Crippen LogP contribution in [0.3, 0.4) is 0 Å². The molecule has 4 nitrogen and oxygen atoms in total. The fourth-order valence-corrected chi connectivity index (χ4v) is 0.571. The lowest BCUT2D eigenvalue weighted by Crippen LogP contribution is -1.88. The predicted molar refractivity (Wildman–Crippen MR) is 33.4 cm³/mol. The standard InChI is InChI=1S/C4H4ClN3O/c5-4-3(6)2(1-9)7-8-4/h1H,6H2,(H,7,8). The Hall–Kier alpha value is -1.03. The smallest absolute Gasteiger partial charge is 0.172 e. The Morgan fingerprint density at radius 2 is 2.44 bits per heavy atom. The number of hydrogen-bond donors (Lipinski definition) is 2. The highest BCUT2D eigenvalue weighted by Gasteiger charge is 2.04. The Labute approximate surface area is 56.0 Å². The molecule has 1 aromatic rings. The molecule has 0 spiro atoms. The SMILES string of the molecule is Nc1c(C=O)n[nH]c1Cl. The fraction of sp³-hybridized carbons (Fsp3) is 0. The van der Waals surface area contributed by atoms with Crippen molar-refractivity contribution in [1.29, 1.82) is 0 Å². The molecule has 0 aromatic carbocycles. The lowest BCUT2D eigenvalue weighted by molar-refractivity contribution is 0.112. The Morgan fingerprint density at radius 3 is 2.67 bits per heavy atom. The van der Waals surface area contributed by atoms with Crippen molar-refractivity contribution in [3.8, 4) is 0 Å². The zero-order valence-corrected chi connectivity index (χ0v) is 5.14. The van der Waals surface area contributed by atoms with Crippen molar-refractivity contribution in [2.45, 2.75) is 0 Å². The zero-order chi connectivity index (χ0) is 6.85. The first-order valence-electron chi connectivity index (χ1n) is 2.20. The van der Waals surface area contributed by atoms with Crippen LogP contribution in [0, 0.1) is 0 Å². The van der Waals surface area contributed by atoms with Gasteiger partial charge in [0.25, 0.3) is 0 Å². The molecule has 0 aliphatic heterocycles. The number of aromatic amines is 1. The van der Waals surface area contributed by atoms with E-state index < -0.39 is 0 Å². The van der Waals surface area contributed by atoms with E-state index in [-0.39, 0.29) is 16.5 Å². The van der Waals surface area contributed by atoms with Crippen molar-refractivity contribution < 1.29 is 4.79 Å². The third-order valence-corrected chi connectivity index (χ3v) is 1.19. The number of anilines is 1. The third-order valence-electron chi connectivity index (χ3n) is 0.899. The van der Waals surface area contributed by atoms with Gasteiger partial charge in [-0.25, -0.2) is 0 Å². The van der Waals surface area contributed by atoms with Gasteiger partial charge in [0.1, 0.15) is 16.5 Å². The van der Waals surface area contributed by atoms with Gasteiger partial charge in [-0.1, -0.05) is 11.6 Å². The zero-order valence-electron chi connectivity index (χ0n) is 4.39. The van der Waals surface area contributed by atoms with Crippen LogP contribution in [0.1, 0.15) is 10.5 Å². The van der Waals surface area contributed by atoms with E-state index in [1.165, 1.54) is 0 Å². The van der Waals surface area contributed by atoms with E-state index in [0.29, 0.717) is 6.29 Å². The molecule has 1 heterocycles. The summed E-state index contributed by atoms with van der Waals surface area (Å²) in [6.07, 6.45) is 0.539. The number of carbonyl (C=O) groups excluding carboxylic acids is 1. The molecule has 0 fully saturated rings. The fourth-order valence-electron chi connectivity index (χ4n) is 0.432. The van der Waals surface area contributed by atoms with Crippen LogP contribution in [0.5, 0.6) is 0 Å². The normalized spacial score (nSPS) is 9.44. The minimum absolute atomic E-state index is 0.153. The van der Waals surface area contributed by atoms with Gasteiger partial charge in [-0.3, -0.25) is 9.89 Å². The summed E-state index contributed by atoms with van der Waals surface area (Å²) in [7, 11) is 0. The highest BCUT2D eigenvalue weighted by molar-refractivity contribution is 6.32. The van der Waals surface area contributed by atoms with Gasteiger partial charge in [-0.2, -0.15) is 5.10 Å².